The predicted octanol–water partition coefficient (Wildman–Crippen LogP) is 4.72. The first-order valence-corrected chi connectivity index (χ1v) is 7.75. The first kappa shape index (κ1) is 17.5. The van der Waals surface area contributed by atoms with Crippen molar-refractivity contribution in [1.29, 1.82) is 0 Å². The van der Waals surface area contributed by atoms with E-state index in [1.54, 1.807) is 48.5 Å². The van der Waals surface area contributed by atoms with Crippen LogP contribution in [0.2, 0.25) is 0 Å². The molecule has 0 saturated heterocycles. The van der Waals surface area contributed by atoms with Crippen LogP contribution < -0.4 is 11.5 Å². The van der Waals surface area contributed by atoms with Crippen molar-refractivity contribution in [3.8, 4) is 22.3 Å². The van der Waals surface area contributed by atoms with Crippen LogP contribution in [0.25, 0.3) is 22.3 Å². The Balaban J connectivity index is 2.38. The van der Waals surface area contributed by atoms with Gasteiger partial charge >= 0.3 is 6.18 Å². The number of nitrogen functional groups attached to an aromatic ring is 1. The molecule has 26 heavy (non-hydrogen) atoms. The van der Waals surface area contributed by atoms with Crippen molar-refractivity contribution in [2.75, 3.05) is 5.73 Å². The molecule has 0 atom stereocenters. The molecule has 0 aliphatic carbocycles. The molecule has 3 aromatic rings. The Labute approximate surface area is 148 Å². The van der Waals surface area contributed by atoms with E-state index in [0.29, 0.717) is 16.7 Å². The SMILES string of the molecule is NC(=O)c1ccccc1-c1ccc(C(F)(F)F)c(N)c1-c1ccccc1. The highest BCUT2D eigenvalue weighted by Crippen LogP contribution is 2.44. The van der Waals surface area contributed by atoms with Gasteiger partial charge in [-0.1, -0.05) is 54.6 Å². The first-order valence-electron chi connectivity index (χ1n) is 7.75. The van der Waals surface area contributed by atoms with Crippen molar-refractivity contribution in [2.45, 2.75) is 6.18 Å². The quantitative estimate of drug-likeness (QED) is 0.667. The first-order chi connectivity index (χ1) is 12.3. The maximum absolute atomic E-state index is 13.3. The molecule has 0 fully saturated rings. The third kappa shape index (κ3) is 3.13. The fourth-order valence-corrected chi connectivity index (χ4v) is 2.94. The third-order valence-electron chi connectivity index (χ3n) is 4.10. The maximum Gasteiger partial charge on any atom is 0.418 e. The summed E-state index contributed by atoms with van der Waals surface area (Å²) in [7, 11) is 0. The molecule has 4 N–H and O–H groups in total. The molecule has 3 aromatic carbocycles. The van der Waals surface area contributed by atoms with E-state index in [2.05, 4.69) is 0 Å². The second kappa shape index (κ2) is 6.55. The molecule has 0 spiro atoms. The van der Waals surface area contributed by atoms with Gasteiger partial charge in [-0.2, -0.15) is 13.2 Å². The number of nitrogens with two attached hydrogens (primary N) is 2. The molecule has 0 radical (unpaired) electrons. The summed E-state index contributed by atoms with van der Waals surface area (Å²) in [5.41, 5.74) is 11.8. The lowest BCUT2D eigenvalue weighted by Crippen LogP contribution is -2.13. The Morgan fingerprint density at radius 3 is 2.04 bits per heavy atom. The van der Waals surface area contributed by atoms with Crippen molar-refractivity contribution in [3.05, 3.63) is 77.9 Å². The molecular formula is C20H15F3N2O. The minimum Gasteiger partial charge on any atom is -0.398 e. The number of hydrogen-bond donors (Lipinski definition) is 2. The standard InChI is InChI=1S/C20H15F3N2O/c21-20(22,23)16-11-10-14(13-8-4-5-9-15(13)19(25)26)17(18(16)24)12-6-2-1-3-7-12/h1-11H,24H2,(H2,25,26). The van der Waals surface area contributed by atoms with Gasteiger partial charge in [-0.3, -0.25) is 4.79 Å². The Hall–Kier alpha value is -3.28. The molecule has 0 aliphatic rings. The van der Waals surface area contributed by atoms with Crippen LogP contribution in [0.3, 0.4) is 0 Å². The number of carbonyl (C=O) groups excluding carboxylic acids is 1. The summed E-state index contributed by atoms with van der Waals surface area (Å²) in [6, 6.07) is 17.2. The Bertz CT molecular complexity index is 967. The summed E-state index contributed by atoms with van der Waals surface area (Å²) in [4.78, 5) is 11.8. The van der Waals surface area contributed by atoms with E-state index in [1.165, 1.54) is 12.1 Å². The number of carbonyl (C=O) groups is 1. The van der Waals surface area contributed by atoms with E-state index in [4.69, 9.17) is 11.5 Å². The van der Waals surface area contributed by atoms with E-state index in [0.717, 1.165) is 6.07 Å². The van der Waals surface area contributed by atoms with Crippen LogP contribution in [-0.4, -0.2) is 5.91 Å². The summed E-state index contributed by atoms with van der Waals surface area (Å²) in [6.07, 6.45) is -4.59. The average Bonchev–Trinajstić information content (AvgIpc) is 2.61. The fraction of sp³-hybridized carbons (Fsp3) is 0.0500. The van der Waals surface area contributed by atoms with E-state index in [1.807, 2.05) is 0 Å². The van der Waals surface area contributed by atoms with Gasteiger partial charge < -0.3 is 11.5 Å². The van der Waals surface area contributed by atoms with Gasteiger partial charge in [0.05, 0.1) is 11.3 Å². The Morgan fingerprint density at radius 2 is 1.42 bits per heavy atom. The zero-order valence-electron chi connectivity index (χ0n) is 13.5. The summed E-state index contributed by atoms with van der Waals surface area (Å²) in [6.45, 7) is 0. The van der Waals surface area contributed by atoms with E-state index in [-0.39, 0.29) is 16.8 Å². The van der Waals surface area contributed by atoms with Crippen LogP contribution in [0, 0.1) is 0 Å². The van der Waals surface area contributed by atoms with Gasteiger partial charge in [0, 0.05) is 11.1 Å². The largest absolute Gasteiger partial charge is 0.418 e. The third-order valence-corrected chi connectivity index (χ3v) is 4.10. The molecule has 0 bridgehead atoms. The van der Waals surface area contributed by atoms with Crippen LogP contribution >= 0.6 is 0 Å². The highest BCUT2D eigenvalue weighted by molar-refractivity contribution is 6.03. The van der Waals surface area contributed by atoms with Gasteiger partial charge in [-0.15, -0.1) is 0 Å². The maximum atomic E-state index is 13.3. The zero-order chi connectivity index (χ0) is 18.9. The summed E-state index contributed by atoms with van der Waals surface area (Å²) >= 11 is 0. The number of hydrogen-bond acceptors (Lipinski definition) is 2. The molecule has 0 unspecified atom stereocenters. The van der Waals surface area contributed by atoms with Crippen LogP contribution in [0.1, 0.15) is 15.9 Å². The van der Waals surface area contributed by atoms with Crippen LogP contribution in [0.5, 0.6) is 0 Å². The molecule has 3 rings (SSSR count). The van der Waals surface area contributed by atoms with Crippen molar-refractivity contribution in [2.24, 2.45) is 5.73 Å². The van der Waals surface area contributed by atoms with E-state index in [9.17, 15) is 18.0 Å². The highest BCUT2D eigenvalue weighted by atomic mass is 19.4. The molecule has 0 aliphatic heterocycles. The minimum atomic E-state index is -4.59. The minimum absolute atomic E-state index is 0.212. The van der Waals surface area contributed by atoms with Crippen LogP contribution in [0.4, 0.5) is 18.9 Å². The highest BCUT2D eigenvalue weighted by Gasteiger charge is 2.34. The molecular weight excluding hydrogens is 341 g/mol. The van der Waals surface area contributed by atoms with Crippen molar-refractivity contribution in [1.82, 2.24) is 0 Å². The number of amides is 1. The van der Waals surface area contributed by atoms with Crippen molar-refractivity contribution in [3.63, 3.8) is 0 Å². The van der Waals surface area contributed by atoms with Gasteiger partial charge in [0.25, 0.3) is 0 Å². The van der Waals surface area contributed by atoms with Gasteiger partial charge in [0.1, 0.15) is 0 Å². The number of anilines is 1. The van der Waals surface area contributed by atoms with Gasteiger partial charge in [-0.25, -0.2) is 0 Å². The number of halogens is 3. The summed E-state index contributed by atoms with van der Waals surface area (Å²) in [5.74, 6) is -0.668. The molecule has 0 heterocycles. The topological polar surface area (TPSA) is 69.1 Å². The Kier molecular flexibility index (Phi) is 4.42. The molecule has 0 aromatic heterocycles. The van der Waals surface area contributed by atoms with Gasteiger partial charge in [0.15, 0.2) is 0 Å². The number of benzene rings is 3. The molecule has 132 valence electrons. The second-order valence-electron chi connectivity index (χ2n) is 5.72. The molecule has 3 nitrogen and oxygen atoms in total. The van der Waals surface area contributed by atoms with Crippen molar-refractivity contribution >= 4 is 11.6 Å². The van der Waals surface area contributed by atoms with Crippen LogP contribution in [-0.2, 0) is 6.18 Å². The number of rotatable bonds is 3. The monoisotopic (exact) mass is 356 g/mol. The molecule has 6 heteroatoms. The number of primary amides is 1. The fourth-order valence-electron chi connectivity index (χ4n) is 2.94. The normalized spacial score (nSPS) is 11.3. The lowest BCUT2D eigenvalue weighted by molar-refractivity contribution is -0.136. The molecule has 1 amide bonds. The summed E-state index contributed by atoms with van der Waals surface area (Å²) in [5, 5.41) is 0. The number of alkyl halides is 3. The zero-order valence-corrected chi connectivity index (χ0v) is 13.5. The second-order valence-corrected chi connectivity index (χ2v) is 5.72. The predicted molar refractivity (Wildman–Crippen MR) is 95.2 cm³/mol. The molecule has 0 saturated carbocycles. The average molecular weight is 356 g/mol. The lowest BCUT2D eigenvalue weighted by atomic mass is 9.88. The van der Waals surface area contributed by atoms with Crippen LogP contribution in [0.15, 0.2) is 66.7 Å². The Morgan fingerprint density at radius 1 is 0.808 bits per heavy atom. The van der Waals surface area contributed by atoms with Gasteiger partial charge in [-0.05, 0) is 28.8 Å². The smallest absolute Gasteiger partial charge is 0.398 e. The van der Waals surface area contributed by atoms with E-state index >= 15 is 0 Å². The van der Waals surface area contributed by atoms with Crippen molar-refractivity contribution < 1.29 is 18.0 Å². The lowest BCUT2D eigenvalue weighted by Gasteiger charge is -2.19. The summed E-state index contributed by atoms with van der Waals surface area (Å²) < 4.78 is 40.0. The van der Waals surface area contributed by atoms with Gasteiger partial charge in [0.2, 0.25) is 5.91 Å². The van der Waals surface area contributed by atoms with E-state index < -0.39 is 17.6 Å².